The molecule has 4 aromatic rings. The van der Waals surface area contributed by atoms with Gasteiger partial charge in [0.25, 0.3) is 0 Å². The highest BCUT2D eigenvalue weighted by atomic mass is 31.2. The van der Waals surface area contributed by atoms with Crippen LogP contribution < -0.4 is 10.0 Å². The molecule has 0 saturated carbocycles. The Morgan fingerprint density at radius 2 is 1.15 bits per heavy atom. The summed E-state index contributed by atoms with van der Waals surface area (Å²) in [6.45, 7) is 0. The Labute approximate surface area is 160 Å². The minimum absolute atomic E-state index is 0.841. The molecule has 4 aromatic carbocycles. The van der Waals surface area contributed by atoms with Gasteiger partial charge in [0.15, 0.2) is 0 Å². The van der Waals surface area contributed by atoms with Gasteiger partial charge in [-0.05, 0) is 33.7 Å². The summed E-state index contributed by atoms with van der Waals surface area (Å²) in [5.74, 6) is 0.841. The van der Waals surface area contributed by atoms with E-state index in [1.165, 1.54) is 10.8 Å². The Morgan fingerprint density at radius 1 is 0.593 bits per heavy atom. The van der Waals surface area contributed by atoms with Gasteiger partial charge in [0.1, 0.15) is 5.75 Å². The normalized spacial score (nSPS) is 11.4. The fraction of sp³-hybridized carbons (Fsp3) is 0.130. The van der Waals surface area contributed by atoms with Gasteiger partial charge in [0.2, 0.25) is 8.38 Å². The van der Waals surface area contributed by atoms with Crippen LogP contribution in [0.3, 0.4) is 0 Å². The Bertz CT molecular complexity index is 1100. The SMILES string of the molecule is COc1ccc2ccccc2c1-c1c(P(OC)OC)ccc2ccccc12. The van der Waals surface area contributed by atoms with Crippen molar-refractivity contribution in [2.75, 3.05) is 21.3 Å². The molecule has 0 amide bonds. The Balaban J connectivity index is 2.18. The van der Waals surface area contributed by atoms with Gasteiger partial charge in [0.05, 0.1) is 7.11 Å². The maximum Gasteiger partial charge on any atom is 0.205 e. The van der Waals surface area contributed by atoms with E-state index in [9.17, 15) is 0 Å². The van der Waals surface area contributed by atoms with Crippen molar-refractivity contribution in [3.05, 3.63) is 72.8 Å². The molecule has 3 nitrogen and oxygen atoms in total. The average Bonchev–Trinajstić information content (AvgIpc) is 2.73. The van der Waals surface area contributed by atoms with Crippen molar-refractivity contribution in [1.29, 1.82) is 0 Å². The van der Waals surface area contributed by atoms with Gasteiger partial charge >= 0.3 is 0 Å². The van der Waals surface area contributed by atoms with Crippen molar-refractivity contribution >= 4 is 35.2 Å². The molecule has 0 heterocycles. The maximum absolute atomic E-state index is 5.78. The van der Waals surface area contributed by atoms with E-state index in [-0.39, 0.29) is 0 Å². The Hall–Kier alpha value is -2.45. The van der Waals surface area contributed by atoms with Crippen molar-refractivity contribution in [2.24, 2.45) is 0 Å². The van der Waals surface area contributed by atoms with Crippen molar-refractivity contribution in [2.45, 2.75) is 0 Å². The van der Waals surface area contributed by atoms with Gasteiger partial charge in [-0.3, -0.25) is 0 Å². The second-order valence-corrected chi connectivity index (χ2v) is 7.89. The molecule has 27 heavy (non-hydrogen) atoms. The van der Waals surface area contributed by atoms with Crippen LogP contribution >= 0.6 is 8.38 Å². The lowest BCUT2D eigenvalue weighted by Gasteiger charge is -2.21. The van der Waals surface area contributed by atoms with E-state index < -0.39 is 8.38 Å². The van der Waals surface area contributed by atoms with E-state index in [2.05, 4.69) is 66.7 Å². The average molecular weight is 376 g/mol. The number of fused-ring (bicyclic) bond motifs is 2. The van der Waals surface area contributed by atoms with E-state index in [4.69, 9.17) is 13.8 Å². The summed E-state index contributed by atoms with van der Waals surface area (Å²) in [5.41, 5.74) is 2.18. The third kappa shape index (κ3) is 3.08. The lowest BCUT2D eigenvalue weighted by Crippen LogP contribution is -2.09. The van der Waals surface area contributed by atoms with E-state index in [1.807, 2.05) is 6.07 Å². The first-order valence-corrected chi connectivity index (χ1v) is 9.92. The van der Waals surface area contributed by atoms with Crippen molar-refractivity contribution < 1.29 is 13.8 Å². The summed E-state index contributed by atoms with van der Waals surface area (Å²) in [7, 11) is 3.90. The minimum atomic E-state index is -1.20. The van der Waals surface area contributed by atoms with Crippen LogP contribution in [0.15, 0.2) is 72.8 Å². The molecule has 4 heteroatoms. The van der Waals surface area contributed by atoms with Crippen LogP contribution in [0.2, 0.25) is 0 Å². The molecule has 0 aliphatic heterocycles. The number of ether oxygens (including phenoxy) is 1. The third-order valence-corrected chi connectivity index (χ3v) is 6.23. The molecule has 0 atom stereocenters. The highest BCUT2D eigenvalue weighted by Gasteiger charge is 2.22. The minimum Gasteiger partial charge on any atom is -0.496 e. The van der Waals surface area contributed by atoms with Gasteiger partial charge < -0.3 is 13.8 Å². The summed E-state index contributed by atoms with van der Waals surface area (Å²) >= 11 is 0. The molecular formula is C23H21O3P. The summed E-state index contributed by atoms with van der Waals surface area (Å²) in [6.07, 6.45) is 0. The topological polar surface area (TPSA) is 27.7 Å². The molecular weight excluding hydrogens is 355 g/mol. The smallest absolute Gasteiger partial charge is 0.205 e. The van der Waals surface area contributed by atoms with E-state index >= 15 is 0 Å². The summed E-state index contributed by atoms with van der Waals surface area (Å²) in [5, 5.41) is 5.70. The first-order valence-electron chi connectivity index (χ1n) is 8.74. The zero-order valence-corrected chi connectivity index (χ0v) is 16.5. The molecule has 0 bridgehead atoms. The standard InChI is InChI=1S/C23H21O3P/c1-24-20-14-12-16-8-4-6-10-18(16)22(20)23-19-11-7-5-9-17(19)13-15-21(23)27(25-2)26-3/h4-15H,1-3H3. The highest BCUT2D eigenvalue weighted by molar-refractivity contribution is 7.56. The van der Waals surface area contributed by atoms with Crippen LogP contribution in [-0.4, -0.2) is 21.3 Å². The van der Waals surface area contributed by atoms with Gasteiger partial charge in [-0.15, -0.1) is 0 Å². The number of hydrogen-bond acceptors (Lipinski definition) is 3. The van der Waals surface area contributed by atoms with Gasteiger partial charge in [-0.2, -0.15) is 0 Å². The molecule has 0 unspecified atom stereocenters. The van der Waals surface area contributed by atoms with Crippen LogP contribution in [0, 0.1) is 0 Å². The number of rotatable bonds is 5. The molecule has 0 fully saturated rings. The largest absolute Gasteiger partial charge is 0.496 e. The van der Waals surface area contributed by atoms with Crippen LogP contribution in [0.1, 0.15) is 0 Å². The van der Waals surface area contributed by atoms with E-state index in [0.717, 1.165) is 33.0 Å². The monoisotopic (exact) mass is 376 g/mol. The molecule has 4 rings (SSSR count). The fourth-order valence-corrected chi connectivity index (χ4v) is 4.78. The molecule has 0 aliphatic carbocycles. The van der Waals surface area contributed by atoms with Crippen LogP contribution in [0.25, 0.3) is 32.7 Å². The zero-order valence-electron chi connectivity index (χ0n) is 15.6. The quantitative estimate of drug-likeness (QED) is 0.406. The van der Waals surface area contributed by atoms with E-state index in [0.29, 0.717) is 0 Å². The second-order valence-electron chi connectivity index (χ2n) is 6.17. The van der Waals surface area contributed by atoms with Crippen molar-refractivity contribution in [1.82, 2.24) is 0 Å². The lowest BCUT2D eigenvalue weighted by molar-refractivity contribution is 0.350. The molecule has 0 aliphatic rings. The molecule has 0 aromatic heterocycles. The molecule has 0 N–H and O–H groups in total. The first-order chi connectivity index (χ1) is 13.3. The predicted octanol–water partition coefficient (Wildman–Crippen LogP) is 5.90. The van der Waals surface area contributed by atoms with Gasteiger partial charge in [-0.1, -0.05) is 60.7 Å². The molecule has 0 saturated heterocycles. The summed E-state index contributed by atoms with van der Waals surface area (Å²) in [4.78, 5) is 0. The number of hydrogen-bond donors (Lipinski definition) is 0. The Kier molecular flexibility index (Phi) is 5.09. The number of benzene rings is 4. The van der Waals surface area contributed by atoms with Crippen LogP contribution in [-0.2, 0) is 9.05 Å². The zero-order chi connectivity index (χ0) is 18.8. The van der Waals surface area contributed by atoms with Gasteiger partial charge in [0, 0.05) is 30.7 Å². The predicted molar refractivity (Wildman–Crippen MR) is 114 cm³/mol. The summed E-state index contributed by atoms with van der Waals surface area (Å²) in [6, 6.07) is 25.1. The molecule has 136 valence electrons. The fourth-order valence-electron chi connectivity index (χ4n) is 3.63. The second kappa shape index (κ2) is 7.66. The van der Waals surface area contributed by atoms with Gasteiger partial charge in [-0.25, -0.2) is 0 Å². The van der Waals surface area contributed by atoms with Crippen LogP contribution in [0.5, 0.6) is 5.75 Å². The Morgan fingerprint density at radius 3 is 1.74 bits per heavy atom. The lowest BCUT2D eigenvalue weighted by atomic mass is 9.93. The molecule has 0 spiro atoms. The van der Waals surface area contributed by atoms with Crippen molar-refractivity contribution in [3.63, 3.8) is 0 Å². The highest BCUT2D eigenvalue weighted by Crippen LogP contribution is 2.46. The number of methoxy groups -OCH3 is 1. The molecule has 0 radical (unpaired) electrons. The summed E-state index contributed by atoms with van der Waals surface area (Å²) < 4.78 is 17.2. The maximum atomic E-state index is 5.78. The first kappa shape index (κ1) is 17.9. The third-order valence-electron chi connectivity index (χ3n) is 4.80. The van der Waals surface area contributed by atoms with Crippen LogP contribution in [0.4, 0.5) is 0 Å². The van der Waals surface area contributed by atoms with E-state index in [1.54, 1.807) is 21.3 Å². The van der Waals surface area contributed by atoms with Crippen molar-refractivity contribution in [3.8, 4) is 16.9 Å².